The SMILES string of the molecule is COCCNC(=O)Cn1cnc2cc(Cl)ccc2c1=O. The van der Waals surface area contributed by atoms with Crippen molar-refractivity contribution in [1.29, 1.82) is 0 Å². The standard InChI is InChI=1S/C13H14ClN3O3/c1-20-5-4-15-12(18)7-17-8-16-11-6-9(14)2-3-10(11)13(17)19/h2-3,6,8H,4-5,7H2,1H3,(H,15,18). The summed E-state index contributed by atoms with van der Waals surface area (Å²) in [4.78, 5) is 28.0. The van der Waals surface area contributed by atoms with Crippen molar-refractivity contribution in [2.45, 2.75) is 6.54 Å². The third kappa shape index (κ3) is 3.34. The minimum absolute atomic E-state index is 0.0753. The molecule has 2 rings (SSSR count). The molecule has 0 unspecified atom stereocenters. The number of ether oxygens (including phenoxy) is 1. The summed E-state index contributed by atoms with van der Waals surface area (Å²) < 4.78 is 6.09. The molecular formula is C13H14ClN3O3. The molecule has 0 bridgehead atoms. The molecule has 0 saturated heterocycles. The van der Waals surface area contributed by atoms with Gasteiger partial charge in [-0.15, -0.1) is 0 Å². The number of carbonyl (C=O) groups excluding carboxylic acids is 1. The van der Waals surface area contributed by atoms with E-state index in [4.69, 9.17) is 16.3 Å². The van der Waals surface area contributed by atoms with Crippen LogP contribution in [0.1, 0.15) is 0 Å². The van der Waals surface area contributed by atoms with Gasteiger partial charge in [-0.25, -0.2) is 4.98 Å². The quantitative estimate of drug-likeness (QED) is 0.829. The number of methoxy groups -OCH3 is 1. The Bertz CT molecular complexity index is 684. The van der Waals surface area contributed by atoms with E-state index < -0.39 is 0 Å². The van der Waals surface area contributed by atoms with Crippen molar-refractivity contribution in [2.75, 3.05) is 20.3 Å². The molecular weight excluding hydrogens is 282 g/mol. The van der Waals surface area contributed by atoms with E-state index in [1.807, 2.05) is 0 Å². The predicted molar refractivity (Wildman–Crippen MR) is 75.9 cm³/mol. The zero-order valence-corrected chi connectivity index (χ0v) is 11.7. The van der Waals surface area contributed by atoms with Crippen LogP contribution in [-0.2, 0) is 16.1 Å². The lowest BCUT2D eigenvalue weighted by Crippen LogP contribution is -2.34. The molecule has 2 aromatic rings. The fourth-order valence-electron chi connectivity index (χ4n) is 1.75. The number of halogens is 1. The first-order chi connectivity index (χ1) is 9.61. The van der Waals surface area contributed by atoms with Gasteiger partial charge in [-0.05, 0) is 18.2 Å². The van der Waals surface area contributed by atoms with Crippen LogP contribution in [0, 0.1) is 0 Å². The molecule has 0 aliphatic carbocycles. The highest BCUT2D eigenvalue weighted by Crippen LogP contribution is 2.13. The first-order valence-corrected chi connectivity index (χ1v) is 6.40. The lowest BCUT2D eigenvalue weighted by atomic mass is 10.2. The third-order valence-electron chi connectivity index (χ3n) is 2.73. The van der Waals surface area contributed by atoms with Crippen LogP contribution < -0.4 is 10.9 Å². The predicted octanol–water partition coefficient (Wildman–Crippen LogP) is 0.812. The van der Waals surface area contributed by atoms with Crippen molar-refractivity contribution >= 4 is 28.4 Å². The van der Waals surface area contributed by atoms with Crippen molar-refractivity contribution in [3.63, 3.8) is 0 Å². The molecule has 0 spiro atoms. The number of carbonyl (C=O) groups is 1. The van der Waals surface area contributed by atoms with Crippen molar-refractivity contribution in [2.24, 2.45) is 0 Å². The van der Waals surface area contributed by atoms with E-state index in [1.165, 1.54) is 10.9 Å². The number of aromatic nitrogens is 2. The van der Waals surface area contributed by atoms with E-state index >= 15 is 0 Å². The molecule has 0 saturated carbocycles. The normalized spacial score (nSPS) is 10.7. The van der Waals surface area contributed by atoms with E-state index in [0.29, 0.717) is 29.1 Å². The summed E-state index contributed by atoms with van der Waals surface area (Å²) in [6.07, 6.45) is 1.34. The largest absolute Gasteiger partial charge is 0.383 e. The third-order valence-corrected chi connectivity index (χ3v) is 2.96. The van der Waals surface area contributed by atoms with E-state index in [1.54, 1.807) is 25.3 Å². The number of rotatable bonds is 5. The molecule has 106 valence electrons. The van der Waals surface area contributed by atoms with Crippen LogP contribution in [0.25, 0.3) is 10.9 Å². The van der Waals surface area contributed by atoms with Gasteiger partial charge in [0.2, 0.25) is 5.91 Å². The Balaban J connectivity index is 2.19. The summed E-state index contributed by atoms with van der Waals surface area (Å²) >= 11 is 5.84. The number of hydrogen-bond donors (Lipinski definition) is 1. The molecule has 0 atom stereocenters. The van der Waals surface area contributed by atoms with Gasteiger partial charge >= 0.3 is 0 Å². The van der Waals surface area contributed by atoms with Gasteiger partial charge in [-0.2, -0.15) is 0 Å². The average Bonchev–Trinajstić information content (AvgIpc) is 2.42. The number of nitrogens with one attached hydrogen (secondary N) is 1. The summed E-state index contributed by atoms with van der Waals surface area (Å²) in [6.45, 7) is 0.754. The first kappa shape index (κ1) is 14.5. The van der Waals surface area contributed by atoms with Crippen LogP contribution in [0.2, 0.25) is 5.02 Å². The molecule has 0 aliphatic rings. The number of fused-ring (bicyclic) bond motifs is 1. The van der Waals surface area contributed by atoms with Gasteiger partial charge in [0.05, 0.1) is 23.8 Å². The monoisotopic (exact) mass is 295 g/mol. The Morgan fingerprint density at radius 2 is 2.30 bits per heavy atom. The second kappa shape index (κ2) is 6.49. The van der Waals surface area contributed by atoms with E-state index in [2.05, 4.69) is 10.3 Å². The molecule has 0 aliphatic heterocycles. The van der Waals surface area contributed by atoms with Crippen LogP contribution in [0.3, 0.4) is 0 Å². The van der Waals surface area contributed by atoms with E-state index in [-0.39, 0.29) is 18.0 Å². The summed E-state index contributed by atoms with van der Waals surface area (Å²) in [6, 6.07) is 4.84. The van der Waals surface area contributed by atoms with Crippen LogP contribution in [0.4, 0.5) is 0 Å². The highest BCUT2D eigenvalue weighted by Gasteiger charge is 2.08. The molecule has 1 amide bonds. The van der Waals surface area contributed by atoms with Crippen LogP contribution >= 0.6 is 11.6 Å². The van der Waals surface area contributed by atoms with Crippen molar-refractivity contribution in [3.05, 3.63) is 39.9 Å². The summed E-state index contributed by atoms with van der Waals surface area (Å²) in [5.41, 5.74) is 0.243. The second-order valence-corrected chi connectivity index (χ2v) is 4.62. The molecule has 6 nitrogen and oxygen atoms in total. The van der Waals surface area contributed by atoms with Gasteiger partial charge in [0, 0.05) is 18.7 Å². The number of amides is 1. The maximum atomic E-state index is 12.2. The van der Waals surface area contributed by atoms with Gasteiger partial charge in [0.25, 0.3) is 5.56 Å². The maximum Gasteiger partial charge on any atom is 0.261 e. The molecule has 1 N–H and O–H groups in total. The Labute approximate surface area is 120 Å². The molecule has 0 fully saturated rings. The van der Waals surface area contributed by atoms with Gasteiger partial charge in [-0.3, -0.25) is 14.2 Å². The Kier molecular flexibility index (Phi) is 4.70. The summed E-state index contributed by atoms with van der Waals surface area (Å²) in [7, 11) is 1.55. The molecule has 1 aromatic carbocycles. The number of nitrogens with zero attached hydrogens (tertiary/aromatic N) is 2. The molecule has 0 radical (unpaired) electrons. The minimum atomic E-state index is -0.270. The van der Waals surface area contributed by atoms with Gasteiger partial charge in [0.15, 0.2) is 0 Å². The van der Waals surface area contributed by atoms with Crippen LogP contribution in [0.15, 0.2) is 29.3 Å². The molecule has 1 heterocycles. The molecule has 7 heteroatoms. The topological polar surface area (TPSA) is 73.2 Å². The Morgan fingerprint density at radius 1 is 1.50 bits per heavy atom. The fraction of sp³-hybridized carbons (Fsp3) is 0.308. The van der Waals surface area contributed by atoms with Crippen LogP contribution in [0.5, 0.6) is 0 Å². The average molecular weight is 296 g/mol. The maximum absolute atomic E-state index is 12.2. The van der Waals surface area contributed by atoms with Gasteiger partial charge < -0.3 is 10.1 Å². The zero-order valence-electron chi connectivity index (χ0n) is 10.9. The Morgan fingerprint density at radius 3 is 3.05 bits per heavy atom. The number of hydrogen-bond acceptors (Lipinski definition) is 4. The van der Waals surface area contributed by atoms with Gasteiger partial charge in [-0.1, -0.05) is 11.6 Å². The van der Waals surface area contributed by atoms with Crippen molar-refractivity contribution in [1.82, 2.24) is 14.9 Å². The lowest BCUT2D eigenvalue weighted by molar-refractivity contribution is -0.121. The van der Waals surface area contributed by atoms with E-state index in [0.717, 1.165) is 0 Å². The zero-order chi connectivity index (χ0) is 14.5. The smallest absolute Gasteiger partial charge is 0.261 e. The highest BCUT2D eigenvalue weighted by molar-refractivity contribution is 6.31. The van der Waals surface area contributed by atoms with Crippen molar-refractivity contribution < 1.29 is 9.53 Å². The lowest BCUT2D eigenvalue weighted by Gasteiger charge is -2.07. The van der Waals surface area contributed by atoms with Gasteiger partial charge in [0.1, 0.15) is 6.54 Å². The van der Waals surface area contributed by atoms with E-state index in [9.17, 15) is 9.59 Å². The summed E-state index contributed by atoms with van der Waals surface area (Å²) in [5.74, 6) is -0.265. The fourth-order valence-corrected chi connectivity index (χ4v) is 1.91. The second-order valence-electron chi connectivity index (χ2n) is 4.18. The first-order valence-electron chi connectivity index (χ1n) is 6.02. The summed E-state index contributed by atoms with van der Waals surface area (Å²) in [5, 5.41) is 3.59. The molecule has 1 aromatic heterocycles. The number of benzene rings is 1. The van der Waals surface area contributed by atoms with Crippen LogP contribution in [-0.4, -0.2) is 35.7 Å². The van der Waals surface area contributed by atoms with Crippen molar-refractivity contribution in [3.8, 4) is 0 Å². The highest BCUT2D eigenvalue weighted by atomic mass is 35.5. The minimum Gasteiger partial charge on any atom is -0.383 e. The molecule has 20 heavy (non-hydrogen) atoms. The Hall–Kier alpha value is -1.92.